The minimum atomic E-state index is -0.263. The Morgan fingerprint density at radius 3 is 2.53 bits per heavy atom. The highest BCUT2D eigenvalue weighted by atomic mass is 16.3. The molecule has 1 N–H and O–H groups in total. The second kappa shape index (κ2) is 5.12. The van der Waals surface area contributed by atoms with Crippen LogP contribution in [0.1, 0.15) is 32.1 Å². The number of amides is 2. The van der Waals surface area contributed by atoms with E-state index in [4.69, 9.17) is 0 Å². The number of hydrogen-bond donors (Lipinski definition) is 1. The molecule has 0 aromatic heterocycles. The summed E-state index contributed by atoms with van der Waals surface area (Å²) in [7, 11) is 0. The number of aliphatic hydroxyl groups excluding tert-OH is 1. The number of piperidine rings is 1. The second-order valence-corrected chi connectivity index (χ2v) is 6.20. The van der Waals surface area contributed by atoms with Gasteiger partial charge in [0.1, 0.15) is 0 Å². The van der Waals surface area contributed by atoms with Crippen molar-refractivity contribution in [3.63, 3.8) is 0 Å². The molecule has 0 spiro atoms. The largest absolute Gasteiger partial charge is 0.393 e. The van der Waals surface area contributed by atoms with Crippen molar-refractivity contribution in [2.75, 3.05) is 26.2 Å². The van der Waals surface area contributed by atoms with Crippen LogP contribution in [0.3, 0.4) is 0 Å². The first-order valence-corrected chi connectivity index (χ1v) is 7.38. The third kappa shape index (κ3) is 2.91. The van der Waals surface area contributed by atoms with Gasteiger partial charge in [0.15, 0.2) is 0 Å². The fraction of sp³-hybridized carbons (Fsp3) is 0.857. The first-order chi connectivity index (χ1) is 9.13. The van der Waals surface area contributed by atoms with Gasteiger partial charge in [-0.05, 0) is 31.6 Å². The van der Waals surface area contributed by atoms with Crippen molar-refractivity contribution in [1.29, 1.82) is 0 Å². The van der Waals surface area contributed by atoms with E-state index in [9.17, 15) is 14.7 Å². The Bertz CT molecular complexity index is 373. The average Bonchev–Trinajstić information content (AvgIpc) is 3.13. The van der Waals surface area contributed by atoms with Gasteiger partial charge < -0.3 is 14.9 Å². The number of carbonyl (C=O) groups is 2. The molecule has 0 aromatic carbocycles. The zero-order valence-electron chi connectivity index (χ0n) is 11.3. The first kappa shape index (κ1) is 12.9. The molecule has 0 radical (unpaired) electrons. The van der Waals surface area contributed by atoms with Gasteiger partial charge in [-0.1, -0.05) is 0 Å². The minimum absolute atomic E-state index is 0.110. The van der Waals surface area contributed by atoms with E-state index in [0.717, 1.165) is 6.54 Å². The lowest BCUT2D eigenvalue weighted by molar-refractivity contribution is -0.137. The summed E-state index contributed by atoms with van der Waals surface area (Å²) >= 11 is 0. The van der Waals surface area contributed by atoms with Crippen molar-refractivity contribution in [2.45, 2.75) is 38.2 Å². The summed E-state index contributed by atoms with van der Waals surface area (Å²) in [6.45, 7) is 2.72. The zero-order chi connectivity index (χ0) is 13.4. The molecule has 1 atom stereocenters. The number of likely N-dealkylation sites (tertiary alicyclic amines) is 2. The van der Waals surface area contributed by atoms with Crippen LogP contribution >= 0.6 is 0 Å². The summed E-state index contributed by atoms with van der Waals surface area (Å²) in [4.78, 5) is 28.0. The fourth-order valence-corrected chi connectivity index (χ4v) is 3.07. The Hall–Kier alpha value is -1.10. The summed E-state index contributed by atoms with van der Waals surface area (Å²) in [5, 5.41) is 9.46. The average molecular weight is 266 g/mol. The molecule has 3 rings (SSSR count). The maximum Gasteiger partial charge on any atom is 0.227 e. The molecule has 2 heterocycles. The van der Waals surface area contributed by atoms with E-state index in [-0.39, 0.29) is 23.8 Å². The zero-order valence-corrected chi connectivity index (χ0v) is 11.3. The van der Waals surface area contributed by atoms with Crippen LogP contribution in [0.2, 0.25) is 0 Å². The Morgan fingerprint density at radius 2 is 1.89 bits per heavy atom. The predicted octanol–water partition coefficient (Wildman–Crippen LogP) is 0.228. The Balaban J connectivity index is 1.54. The van der Waals surface area contributed by atoms with Crippen LogP contribution in [-0.4, -0.2) is 59.0 Å². The monoisotopic (exact) mass is 266 g/mol. The topological polar surface area (TPSA) is 60.9 Å². The summed E-state index contributed by atoms with van der Waals surface area (Å²) in [6, 6.07) is 0. The maximum absolute atomic E-state index is 12.4. The SMILES string of the molecule is O=C1CC(C(=O)N2CCC(O)CC2)CN1CC1CC1. The molecule has 5 heteroatoms. The van der Waals surface area contributed by atoms with Crippen molar-refractivity contribution >= 4 is 11.8 Å². The number of carbonyl (C=O) groups excluding carboxylic acids is 2. The molecule has 5 nitrogen and oxygen atoms in total. The van der Waals surface area contributed by atoms with Gasteiger partial charge in [0.05, 0.1) is 12.0 Å². The summed E-state index contributed by atoms with van der Waals surface area (Å²) in [6.07, 6.45) is 3.90. The highest BCUT2D eigenvalue weighted by molar-refractivity contribution is 5.89. The molecule has 1 saturated carbocycles. The summed E-state index contributed by atoms with van der Waals surface area (Å²) < 4.78 is 0. The number of nitrogens with zero attached hydrogens (tertiary/aromatic N) is 2. The van der Waals surface area contributed by atoms with Gasteiger partial charge in [-0.15, -0.1) is 0 Å². The van der Waals surface area contributed by atoms with Gasteiger partial charge in [-0.2, -0.15) is 0 Å². The van der Waals surface area contributed by atoms with Gasteiger partial charge in [0.2, 0.25) is 11.8 Å². The van der Waals surface area contributed by atoms with Gasteiger partial charge in [-0.25, -0.2) is 0 Å². The van der Waals surface area contributed by atoms with Crippen LogP contribution in [0.5, 0.6) is 0 Å². The number of aliphatic hydroxyl groups is 1. The number of hydrogen-bond acceptors (Lipinski definition) is 3. The second-order valence-electron chi connectivity index (χ2n) is 6.20. The third-order valence-electron chi connectivity index (χ3n) is 4.52. The van der Waals surface area contributed by atoms with E-state index in [1.165, 1.54) is 12.8 Å². The quantitative estimate of drug-likeness (QED) is 0.795. The first-order valence-electron chi connectivity index (χ1n) is 7.38. The van der Waals surface area contributed by atoms with E-state index in [0.29, 0.717) is 44.8 Å². The highest BCUT2D eigenvalue weighted by Crippen LogP contribution is 2.32. The van der Waals surface area contributed by atoms with Crippen LogP contribution < -0.4 is 0 Å². The van der Waals surface area contributed by atoms with Crippen LogP contribution in [0, 0.1) is 11.8 Å². The molecular formula is C14H22N2O3. The van der Waals surface area contributed by atoms with Gasteiger partial charge >= 0.3 is 0 Å². The van der Waals surface area contributed by atoms with Crippen LogP contribution in [-0.2, 0) is 9.59 Å². The van der Waals surface area contributed by atoms with Crippen molar-refractivity contribution in [1.82, 2.24) is 9.80 Å². The maximum atomic E-state index is 12.4. The van der Waals surface area contributed by atoms with Gasteiger partial charge in [0.25, 0.3) is 0 Å². The molecule has 1 unspecified atom stereocenters. The van der Waals surface area contributed by atoms with Crippen LogP contribution in [0.4, 0.5) is 0 Å². The van der Waals surface area contributed by atoms with Crippen molar-refractivity contribution in [3.05, 3.63) is 0 Å². The van der Waals surface area contributed by atoms with Crippen molar-refractivity contribution < 1.29 is 14.7 Å². The standard InChI is InChI=1S/C14H22N2O3/c17-12-3-5-15(6-4-12)14(19)11-7-13(18)16(9-11)8-10-1-2-10/h10-12,17H,1-9H2. The van der Waals surface area contributed by atoms with E-state index in [1.54, 1.807) is 0 Å². The minimum Gasteiger partial charge on any atom is -0.393 e. The fourth-order valence-electron chi connectivity index (χ4n) is 3.07. The lowest BCUT2D eigenvalue weighted by Crippen LogP contribution is -2.43. The Morgan fingerprint density at radius 1 is 1.21 bits per heavy atom. The molecule has 106 valence electrons. The van der Waals surface area contributed by atoms with Crippen molar-refractivity contribution in [3.8, 4) is 0 Å². The van der Waals surface area contributed by atoms with Gasteiger partial charge in [0, 0.05) is 32.6 Å². The number of rotatable bonds is 3. The van der Waals surface area contributed by atoms with E-state index < -0.39 is 0 Å². The smallest absolute Gasteiger partial charge is 0.227 e. The summed E-state index contributed by atoms with van der Waals surface area (Å²) in [5.41, 5.74) is 0. The molecule has 3 fully saturated rings. The summed E-state index contributed by atoms with van der Waals surface area (Å²) in [5.74, 6) is 0.783. The third-order valence-corrected chi connectivity index (χ3v) is 4.52. The molecule has 2 saturated heterocycles. The van der Waals surface area contributed by atoms with Crippen LogP contribution in [0.15, 0.2) is 0 Å². The Kier molecular flexibility index (Phi) is 3.48. The van der Waals surface area contributed by atoms with Gasteiger partial charge in [-0.3, -0.25) is 9.59 Å². The molecule has 0 aromatic rings. The molecule has 19 heavy (non-hydrogen) atoms. The predicted molar refractivity (Wildman–Crippen MR) is 69.2 cm³/mol. The van der Waals surface area contributed by atoms with Crippen molar-refractivity contribution in [2.24, 2.45) is 11.8 Å². The van der Waals surface area contributed by atoms with E-state index in [2.05, 4.69) is 0 Å². The molecule has 0 bridgehead atoms. The highest BCUT2D eigenvalue weighted by Gasteiger charge is 2.39. The molecule has 2 amide bonds. The molecule has 3 aliphatic rings. The lowest BCUT2D eigenvalue weighted by atomic mass is 10.0. The Labute approximate surface area is 113 Å². The molecular weight excluding hydrogens is 244 g/mol. The molecule has 2 aliphatic heterocycles. The normalized spacial score (nSPS) is 29.1. The molecule has 1 aliphatic carbocycles. The van der Waals surface area contributed by atoms with Crippen LogP contribution in [0.25, 0.3) is 0 Å². The van der Waals surface area contributed by atoms with E-state index in [1.807, 2.05) is 9.80 Å². The lowest BCUT2D eigenvalue weighted by Gasteiger charge is -2.31. The van der Waals surface area contributed by atoms with E-state index >= 15 is 0 Å².